The maximum absolute atomic E-state index is 15.2. The Balaban J connectivity index is 1.91. The Morgan fingerprint density at radius 1 is 1.31 bits per heavy atom. The number of allylic oxidation sites excluding steroid dienone is 7. The topological polar surface area (TPSA) is 43.4 Å². The predicted octanol–water partition coefficient (Wildman–Crippen LogP) is 7.67. The van der Waals surface area contributed by atoms with E-state index in [1.165, 1.54) is 30.4 Å². The molecule has 0 bridgehead atoms. The minimum atomic E-state index is -0.643. The van der Waals surface area contributed by atoms with Crippen molar-refractivity contribution in [1.82, 2.24) is 0 Å². The van der Waals surface area contributed by atoms with Gasteiger partial charge in [-0.3, -0.25) is 9.59 Å². The van der Waals surface area contributed by atoms with Gasteiger partial charge in [0, 0.05) is 30.8 Å². The van der Waals surface area contributed by atoms with Crippen molar-refractivity contribution in [1.29, 1.82) is 0 Å². The van der Waals surface area contributed by atoms with Gasteiger partial charge >= 0.3 is 0 Å². The molecule has 3 nitrogen and oxygen atoms in total. The fourth-order valence-electron chi connectivity index (χ4n) is 5.56. The molecule has 0 aromatic heterocycles. The monoisotopic (exact) mass is 508 g/mol. The van der Waals surface area contributed by atoms with Crippen molar-refractivity contribution in [2.75, 3.05) is 13.7 Å². The minimum absolute atomic E-state index is 0.0457. The summed E-state index contributed by atoms with van der Waals surface area (Å²) in [6, 6.07) is 4.70. The Morgan fingerprint density at radius 3 is 2.58 bits per heavy atom. The van der Waals surface area contributed by atoms with Crippen LogP contribution in [0.1, 0.15) is 81.1 Å². The second-order valence-corrected chi connectivity index (χ2v) is 10.9. The first-order chi connectivity index (χ1) is 17.1. The molecule has 3 rings (SSSR count). The fraction of sp³-hybridized carbons (Fsp3) is 0.452. The molecule has 2 aliphatic rings. The third-order valence-electron chi connectivity index (χ3n) is 7.63. The third kappa shape index (κ3) is 5.90. The van der Waals surface area contributed by atoms with Crippen LogP contribution in [0.25, 0.3) is 0 Å². The van der Waals surface area contributed by atoms with Crippen LogP contribution in [0, 0.1) is 17.2 Å². The summed E-state index contributed by atoms with van der Waals surface area (Å²) in [5.41, 5.74) is 3.54. The lowest BCUT2D eigenvalue weighted by molar-refractivity contribution is -0.133. The molecule has 0 spiro atoms. The molecule has 2 unspecified atom stereocenters. The Kier molecular flexibility index (Phi) is 9.48. The number of hydrogen-bond acceptors (Lipinski definition) is 4. The van der Waals surface area contributed by atoms with Crippen LogP contribution in [0.2, 0.25) is 0 Å². The molecule has 2 atom stereocenters. The standard InChI is InChI=1S/C31H37FO3S/c1-6-9-24-11-7-10-23(16-20(24)2)17-28(33)31(14-8-15-31)29(22(4)36)25-12-13-26(27(32)18-25)30(34)21(3)19-35-5/h6-7,10,12-13,16,18,21,29H,1,8-9,11,14-15,17,19H2,2-5H3. The number of hydrogen-bond donors (Lipinski definition) is 0. The van der Waals surface area contributed by atoms with E-state index in [-0.39, 0.29) is 29.7 Å². The van der Waals surface area contributed by atoms with E-state index < -0.39 is 17.2 Å². The van der Waals surface area contributed by atoms with Crippen LogP contribution in [0.5, 0.6) is 0 Å². The number of carbonyl (C=O) groups excluding carboxylic acids is 2. The number of ether oxygens (including phenoxy) is 1. The van der Waals surface area contributed by atoms with E-state index in [9.17, 15) is 9.59 Å². The molecule has 192 valence electrons. The normalized spacial score (nSPS) is 18.5. The number of methoxy groups -OCH3 is 1. The van der Waals surface area contributed by atoms with Crippen molar-refractivity contribution in [2.24, 2.45) is 11.3 Å². The summed E-state index contributed by atoms with van der Waals surface area (Å²) < 4.78 is 20.2. The largest absolute Gasteiger partial charge is 0.384 e. The first-order valence-electron chi connectivity index (χ1n) is 12.7. The Bertz CT molecular complexity index is 1140. The summed E-state index contributed by atoms with van der Waals surface area (Å²) in [5.74, 6) is -1.53. The quantitative estimate of drug-likeness (QED) is 0.165. The van der Waals surface area contributed by atoms with Gasteiger partial charge in [0.25, 0.3) is 0 Å². The third-order valence-corrected chi connectivity index (χ3v) is 7.86. The molecule has 1 aromatic carbocycles. The van der Waals surface area contributed by atoms with E-state index in [1.807, 2.05) is 19.1 Å². The van der Waals surface area contributed by atoms with Crippen molar-refractivity contribution in [3.63, 3.8) is 0 Å². The number of thiocarbonyl (C=S) groups is 1. The molecule has 0 saturated heterocycles. The molecule has 36 heavy (non-hydrogen) atoms. The SMILES string of the molecule is C=CCC1=C(C)C=C(CC(=O)C2(C(C(C)=S)c3ccc(C(=O)C(C)COC)c(F)c3)CCC2)C=CC1. The average molecular weight is 509 g/mol. The van der Waals surface area contributed by atoms with Crippen LogP contribution in [0.4, 0.5) is 4.39 Å². The summed E-state index contributed by atoms with van der Waals surface area (Å²) in [4.78, 5) is 27.2. The lowest BCUT2D eigenvalue weighted by atomic mass is 9.55. The zero-order chi connectivity index (χ0) is 26.5. The summed E-state index contributed by atoms with van der Waals surface area (Å²) in [6.07, 6.45) is 12.6. The van der Waals surface area contributed by atoms with Crippen molar-refractivity contribution in [3.05, 3.63) is 82.7 Å². The van der Waals surface area contributed by atoms with Crippen molar-refractivity contribution in [2.45, 2.75) is 65.2 Å². The number of benzene rings is 1. The summed E-state index contributed by atoms with van der Waals surface area (Å²) in [6.45, 7) is 9.71. The van der Waals surface area contributed by atoms with E-state index in [2.05, 4.69) is 25.7 Å². The van der Waals surface area contributed by atoms with Gasteiger partial charge in [-0.25, -0.2) is 4.39 Å². The molecular weight excluding hydrogens is 471 g/mol. The highest BCUT2D eigenvalue weighted by molar-refractivity contribution is 7.80. The van der Waals surface area contributed by atoms with E-state index in [0.29, 0.717) is 16.8 Å². The molecular formula is C31H37FO3S. The number of rotatable bonds is 12. The Labute approximate surface area is 220 Å². The van der Waals surface area contributed by atoms with Gasteiger partial charge in [-0.2, -0.15) is 0 Å². The Hall–Kier alpha value is -2.50. The summed E-state index contributed by atoms with van der Waals surface area (Å²) in [7, 11) is 1.52. The molecule has 0 amide bonds. The lowest BCUT2D eigenvalue weighted by Gasteiger charge is -2.47. The minimum Gasteiger partial charge on any atom is -0.384 e. The van der Waals surface area contributed by atoms with E-state index >= 15 is 4.39 Å². The van der Waals surface area contributed by atoms with Gasteiger partial charge in [0.05, 0.1) is 12.2 Å². The van der Waals surface area contributed by atoms with Gasteiger partial charge < -0.3 is 4.74 Å². The average Bonchev–Trinajstić information content (AvgIpc) is 2.96. The highest BCUT2D eigenvalue weighted by Crippen LogP contribution is 2.54. The number of ketones is 2. The van der Waals surface area contributed by atoms with E-state index in [0.717, 1.165) is 37.7 Å². The van der Waals surface area contributed by atoms with Gasteiger partial charge in [-0.05, 0) is 67.7 Å². The van der Waals surface area contributed by atoms with Crippen LogP contribution >= 0.6 is 12.2 Å². The van der Waals surface area contributed by atoms with Crippen LogP contribution in [0.15, 0.2) is 65.8 Å². The van der Waals surface area contributed by atoms with Crippen LogP contribution in [-0.4, -0.2) is 30.1 Å². The molecule has 1 fully saturated rings. The summed E-state index contributed by atoms with van der Waals surface area (Å²) >= 11 is 5.66. The van der Waals surface area contributed by atoms with E-state index in [1.54, 1.807) is 13.0 Å². The second kappa shape index (κ2) is 12.2. The second-order valence-electron chi connectivity index (χ2n) is 10.2. The molecule has 2 aliphatic carbocycles. The van der Waals surface area contributed by atoms with E-state index in [4.69, 9.17) is 17.0 Å². The molecule has 1 aromatic rings. The van der Waals surface area contributed by atoms with Crippen molar-refractivity contribution < 1.29 is 18.7 Å². The fourth-order valence-corrected chi connectivity index (χ4v) is 5.92. The van der Waals surface area contributed by atoms with Crippen molar-refractivity contribution in [3.8, 4) is 0 Å². The first-order valence-corrected chi connectivity index (χ1v) is 13.1. The van der Waals surface area contributed by atoms with Crippen LogP contribution in [0.3, 0.4) is 0 Å². The highest BCUT2D eigenvalue weighted by atomic mass is 32.1. The van der Waals surface area contributed by atoms with Gasteiger partial charge in [0.1, 0.15) is 11.6 Å². The Morgan fingerprint density at radius 2 is 2.03 bits per heavy atom. The van der Waals surface area contributed by atoms with Crippen LogP contribution in [-0.2, 0) is 9.53 Å². The zero-order valence-electron chi connectivity index (χ0n) is 21.9. The maximum Gasteiger partial charge on any atom is 0.170 e. The van der Waals surface area contributed by atoms with Gasteiger partial charge in [0.15, 0.2) is 5.78 Å². The smallest absolute Gasteiger partial charge is 0.170 e. The lowest BCUT2D eigenvalue weighted by Crippen LogP contribution is -2.45. The predicted molar refractivity (Wildman–Crippen MR) is 148 cm³/mol. The first kappa shape index (κ1) is 28.1. The van der Waals surface area contributed by atoms with Crippen molar-refractivity contribution >= 4 is 28.6 Å². The number of carbonyl (C=O) groups is 2. The molecule has 1 saturated carbocycles. The maximum atomic E-state index is 15.2. The molecule has 0 radical (unpaired) electrons. The summed E-state index contributed by atoms with van der Waals surface area (Å²) in [5, 5.41) is 0. The highest BCUT2D eigenvalue weighted by Gasteiger charge is 2.51. The van der Waals surface area contributed by atoms with Gasteiger partial charge in [-0.15, -0.1) is 6.58 Å². The zero-order valence-corrected chi connectivity index (χ0v) is 22.7. The molecule has 0 heterocycles. The molecule has 0 aliphatic heterocycles. The van der Waals surface area contributed by atoms with Crippen LogP contribution < -0.4 is 0 Å². The van der Waals surface area contributed by atoms with Gasteiger partial charge in [-0.1, -0.05) is 67.1 Å². The number of halogens is 1. The van der Waals surface area contributed by atoms with Gasteiger partial charge in [0.2, 0.25) is 0 Å². The molecule has 5 heteroatoms. The number of Topliss-reactive ketones (excluding diaryl/α,β-unsaturated/α-hetero) is 2. The molecule has 0 N–H and O–H groups in total.